The lowest BCUT2D eigenvalue weighted by molar-refractivity contribution is -0.161. The van der Waals surface area contributed by atoms with Crippen molar-refractivity contribution in [2.75, 3.05) is 0 Å². The van der Waals surface area contributed by atoms with Crippen molar-refractivity contribution < 1.29 is 18.8 Å². The first-order valence-corrected chi connectivity index (χ1v) is 11.2. The van der Waals surface area contributed by atoms with Crippen molar-refractivity contribution in [1.29, 1.82) is 0 Å². The zero-order valence-corrected chi connectivity index (χ0v) is 17.1. The maximum atomic E-state index is 12.0. The third kappa shape index (κ3) is 3.89. The van der Waals surface area contributed by atoms with E-state index in [0.717, 1.165) is 10.4 Å². The van der Waals surface area contributed by atoms with E-state index in [-0.39, 0.29) is 23.5 Å². The van der Waals surface area contributed by atoms with Crippen LogP contribution >= 0.6 is 0 Å². The quantitative estimate of drug-likeness (QED) is 0.453. The molecule has 5 heteroatoms. The van der Waals surface area contributed by atoms with E-state index in [4.69, 9.17) is 9.16 Å². The summed E-state index contributed by atoms with van der Waals surface area (Å²) in [4.78, 5) is 23.2. The zero-order chi connectivity index (χ0) is 19.5. The van der Waals surface area contributed by atoms with Crippen LogP contribution in [0.2, 0.25) is 5.04 Å². The molecule has 3 rings (SSSR count). The summed E-state index contributed by atoms with van der Waals surface area (Å²) in [5, 5.41) is 2.14. The summed E-state index contributed by atoms with van der Waals surface area (Å²) in [7, 11) is -2.73. The van der Waals surface area contributed by atoms with Crippen LogP contribution in [0.25, 0.3) is 0 Å². The highest BCUT2D eigenvalue weighted by atomic mass is 28.4. The van der Waals surface area contributed by atoms with Gasteiger partial charge in [-0.3, -0.25) is 9.59 Å². The van der Waals surface area contributed by atoms with Crippen LogP contribution in [-0.4, -0.2) is 32.8 Å². The second-order valence-corrected chi connectivity index (χ2v) is 12.3. The van der Waals surface area contributed by atoms with E-state index in [0.29, 0.717) is 12.7 Å². The standard InChI is InChI=1S/C22H26O4Si/c1-22(2,3)27(19-10-6-4-7-11-19,20-12-8-5-9-13-20)26-17-14-18(16-23)25-21(24)15-17/h4-13,16-18H,14-15H2,1-3H3/t17-,18?/m1/s1. The van der Waals surface area contributed by atoms with Crippen molar-refractivity contribution in [3.8, 4) is 0 Å². The Hall–Kier alpha value is -2.24. The van der Waals surface area contributed by atoms with Gasteiger partial charge in [0.15, 0.2) is 12.4 Å². The fourth-order valence-electron chi connectivity index (χ4n) is 3.91. The number of rotatable bonds is 5. The van der Waals surface area contributed by atoms with Crippen LogP contribution in [0.15, 0.2) is 60.7 Å². The highest BCUT2D eigenvalue weighted by molar-refractivity contribution is 6.99. The minimum atomic E-state index is -2.73. The van der Waals surface area contributed by atoms with E-state index in [2.05, 4.69) is 45.0 Å². The number of hydrogen-bond acceptors (Lipinski definition) is 4. The first-order chi connectivity index (χ1) is 12.9. The van der Waals surface area contributed by atoms with Crippen LogP contribution in [0.3, 0.4) is 0 Å². The topological polar surface area (TPSA) is 52.6 Å². The first-order valence-electron chi connectivity index (χ1n) is 9.30. The molecule has 27 heavy (non-hydrogen) atoms. The molecule has 2 atom stereocenters. The molecule has 142 valence electrons. The summed E-state index contributed by atoms with van der Waals surface area (Å²) in [6.45, 7) is 6.58. The highest BCUT2D eigenvalue weighted by Crippen LogP contribution is 2.38. The van der Waals surface area contributed by atoms with Crippen molar-refractivity contribution >= 4 is 30.9 Å². The number of benzene rings is 2. The van der Waals surface area contributed by atoms with Gasteiger partial charge in [0.05, 0.1) is 12.5 Å². The van der Waals surface area contributed by atoms with Gasteiger partial charge in [-0.15, -0.1) is 0 Å². The fourth-order valence-corrected chi connectivity index (χ4v) is 8.60. The number of hydrogen-bond donors (Lipinski definition) is 0. The van der Waals surface area contributed by atoms with Gasteiger partial charge in [0.25, 0.3) is 8.32 Å². The summed E-state index contributed by atoms with van der Waals surface area (Å²) < 4.78 is 12.0. The van der Waals surface area contributed by atoms with Crippen molar-refractivity contribution in [1.82, 2.24) is 0 Å². The van der Waals surface area contributed by atoms with Crippen molar-refractivity contribution in [3.05, 3.63) is 60.7 Å². The van der Waals surface area contributed by atoms with E-state index in [1.165, 1.54) is 0 Å². The lowest BCUT2D eigenvalue weighted by atomic mass is 10.1. The van der Waals surface area contributed by atoms with Crippen LogP contribution in [0.1, 0.15) is 33.6 Å². The Bertz CT molecular complexity index is 743. The minimum Gasteiger partial charge on any atom is -0.454 e. The molecule has 0 bridgehead atoms. The number of cyclic esters (lactones) is 1. The molecular weight excluding hydrogens is 356 g/mol. The van der Waals surface area contributed by atoms with Gasteiger partial charge in [0.1, 0.15) is 0 Å². The average Bonchev–Trinajstić information content (AvgIpc) is 2.66. The van der Waals surface area contributed by atoms with Crippen LogP contribution in [-0.2, 0) is 18.8 Å². The Morgan fingerprint density at radius 2 is 1.52 bits per heavy atom. The maximum absolute atomic E-state index is 12.0. The van der Waals surface area contributed by atoms with E-state index in [1.807, 2.05) is 36.4 Å². The molecule has 0 aliphatic carbocycles. The van der Waals surface area contributed by atoms with Crippen molar-refractivity contribution in [2.45, 2.75) is 50.9 Å². The number of ether oxygens (including phenoxy) is 1. The molecule has 0 radical (unpaired) electrons. The number of esters is 1. The third-order valence-corrected chi connectivity index (χ3v) is 10.2. The highest BCUT2D eigenvalue weighted by Gasteiger charge is 2.52. The number of carbonyl (C=O) groups is 2. The molecule has 2 aromatic rings. The summed E-state index contributed by atoms with van der Waals surface area (Å²) in [5.41, 5.74) is 0. The lowest BCUT2D eigenvalue weighted by Crippen LogP contribution is -2.68. The summed E-state index contributed by atoms with van der Waals surface area (Å²) in [6.07, 6.45) is 0.204. The molecule has 1 aliphatic rings. The predicted molar refractivity (Wildman–Crippen MR) is 108 cm³/mol. The minimum absolute atomic E-state index is 0.173. The molecule has 0 aromatic heterocycles. The van der Waals surface area contributed by atoms with Crippen LogP contribution in [0.5, 0.6) is 0 Å². The monoisotopic (exact) mass is 382 g/mol. The van der Waals surface area contributed by atoms with E-state index in [1.54, 1.807) is 0 Å². The molecule has 1 aliphatic heterocycles. The summed E-state index contributed by atoms with van der Waals surface area (Å²) in [5.74, 6) is -0.374. The zero-order valence-electron chi connectivity index (χ0n) is 16.1. The van der Waals surface area contributed by atoms with Crippen LogP contribution in [0.4, 0.5) is 0 Å². The lowest BCUT2D eigenvalue weighted by Gasteiger charge is -2.46. The normalized spacial score (nSPS) is 20.8. The largest absolute Gasteiger partial charge is 0.454 e. The molecule has 1 saturated heterocycles. The molecule has 0 saturated carbocycles. The van der Waals surface area contributed by atoms with Crippen molar-refractivity contribution in [2.24, 2.45) is 0 Å². The molecule has 2 aromatic carbocycles. The number of aldehydes is 1. The van der Waals surface area contributed by atoms with Gasteiger partial charge in [-0.1, -0.05) is 81.4 Å². The van der Waals surface area contributed by atoms with Gasteiger partial charge < -0.3 is 9.16 Å². The molecule has 4 nitrogen and oxygen atoms in total. The SMILES string of the molecule is CC(C)(C)[Si](O[C@H]1CC(=O)OC(C=O)C1)(c1ccccc1)c1ccccc1. The Morgan fingerprint density at radius 1 is 1.00 bits per heavy atom. The smallest absolute Gasteiger partial charge is 0.309 e. The predicted octanol–water partition coefficient (Wildman–Crippen LogP) is 2.84. The maximum Gasteiger partial charge on any atom is 0.309 e. The molecule has 1 unspecified atom stereocenters. The molecule has 0 amide bonds. The Balaban J connectivity index is 2.12. The second-order valence-electron chi connectivity index (χ2n) is 8.01. The molecule has 1 heterocycles. The van der Waals surface area contributed by atoms with Crippen LogP contribution in [0, 0.1) is 0 Å². The van der Waals surface area contributed by atoms with E-state index in [9.17, 15) is 9.59 Å². The van der Waals surface area contributed by atoms with Gasteiger partial charge in [0, 0.05) is 6.42 Å². The van der Waals surface area contributed by atoms with Gasteiger partial charge in [-0.05, 0) is 15.4 Å². The summed E-state index contributed by atoms with van der Waals surface area (Å²) >= 11 is 0. The second kappa shape index (κ2) is 7.78. The molecule has 0 N–H and O–H groups in total. The Kier molecular flexibility index (Phi) is 5.63. The number of carbonyl (C=O) groups excluding carboxylic acids is 2. The van der Waals surface area contributed by atoms with Gasteiger partial charge >= 0.3 is 5.97 Å². The summed E-state index contributed by atoms with van der Waals surface area (Å²) in [6, 6.07) is 20.6. The average molecular weight is 383 g/mol. The third-order valence-electron chi connectivity index (χ3n) is 5.08. The molecule has 0 spiro atoms. The van der Waals surface area contributed by atoms with Gasteiger partial charge in [0.2, 0.25) is 0 Å². The Morgan fingerprint density at radius 3 is 1.96 bits per heavy atom. The molecule has 1 fully saturated rings. The van der Waals surface area contributed by atoms with Gasteiger partial charge in [-0.25, -0.2) is 0 Å². The molecular formula is C22H26O4Si. The van der Waals surface area contributed by atoms with Crippen molar-refractivity contribution in [3.63, 3.8) is 0 Å². The van der Waals surface area contributed by atoms with E-state index >= 15 is 0 Å². The van der Waals surface area contributed by atoms with E-state index < -0.39 is 14.4 Å². The van der Waals surface area contributed by atoms with Gasteiger partial charge in [-0.2, -0.15) is 0 Å². The first kappa shape index (κ1) is 19.5. The fraction of sp³-hybridized carbons (Fsp3) is 0.364. The van der Waals surface area contributed by atoms with Crippen LogP contribution < -0.4 is 10.4 Å². The Labute approximate surface area is 161 Å².